The molecule has 0 fully saturated rings. The normalized spacial score (nSPS) is 15.5. The Morgan fingerprint density at radius 1 is 1.27 bits per heavy atom. The lowest BCUT2D eigenvalue weighted by Gasteiger charge is -2.35. The minimum atomic E-state index is -0.588. The van der Waals surface area contributed by atoms with Crippen LogP contribution in [0.1, 0.15) is 48.5 Å². The molecule has 5 nitrogen and oxygen atoms in total. The van der Waals surface area contributed by atoms with Crippen LogP contribution in [0.5, 0.6) is 0 Å². The lowest BCUT2D eigenvalue weighted by atomic mass is 9.86. The molecule has 0 saturated heterocycles. The van der Waals surface area contributed by atoms with E-state index in [4.69, 9.17) is 10.5 Å². The average molecular weight is 312 g/mol. The highest BCUT2D eigenvalue weighted by molar-refractivity contribution is 5.88. The fraction of sp³-hybridized carbons (Fsp3) is 0.765. The molecule has 0 aromatic rings. The molecule has 0 aliphatic rings. The Hall–Kier alpha value is -1.36. The van der Waals surface area contributed by atoms with E-state index in [9.17, 15) is 9.59 Å². The number of nitrogens with two attached hydrogens (primary N) is 1. The summed E-state index contributed by atoms with van der Waals surface area (Å²) in [7, 11) is 1.73. The number of carbonyl (C=O) groups excluding carboxylic acids is 2. The van der Waals surface area contributed by atoms with Gasteiger partial charge in [-0.1, -0.05) is 40.7 Å². The third-order valence-corrected chi connectivity index (χ3v) is 3.70. The second-order valence-electron chi connectivity index (χ2n) is 7.10. The maximum Gasteiger partial charge on any atom is 0.333 e. The van der Waals surface area contributed by atoms with Crippen molar-refractivity contribution >= 4 is 11.9 Å². The van der Waals surface area contributed by atoms with E-state index >= 15 is 0 Å². The number of hydrogen-bond acceptors (Lipinski definition) is 4. The van der Waals surface area contributed by atoms with Crippen LogP contribution < -0.4 is 5.73 Å². The van der Waals surface area contributed by atoms with Crippen LogP contribution in [0.4, 0.5) is 0 Å². The quantitative estimate of drug-likeness (QED) is 0.603. The molecule has 0 rings (SSSR count). The Morgan fingerprint density at radius 3 is 2.14 bits per heavy atom. The van der Waals surface area contributed by atoms with Crippen molar-refractivity contribution in [2.75, 3.05) is 13.7 Å². The number of ether oxygens (including phenoxy) is 1. The molecule has 0 aliphatic carbocycles. The third-order valence-electron chi connectivity index (χ3n) is 3.70. The molecular weight excluding hydrogens is 280 g/mol. The first-order valence-electron chi connectivity index (χ1n) is 7.81. The van der Waals surface area contributed by atoms with Gasteiger partial charge >= 0.3 is 5.97 Å². The summed E-state index contributed by atoms with van der Waals surface area (Å²) in [6.45, 7) is 13.6. The lowest BCUT2D eigenvalue weighted by molar-refractivity contribution is -0.139. The van der Waals surface area contributed by atoms with Crippen LogP contribution in [0, 0.1) is 11.3 Å². The van der Waals surface area contributed by atoms with Gasteiger partial charge in [-0.25, -0.2) is 4.79 Å². The Labute approximate surface area is 134 Å². The first-order chi connectivity index (χ1) is 9.93. The Kier molecular flexibility index (Phi) is 7.81. The largest absolute Gasteiger partial charge is 0.463 e. The van der Waals surface area contributed by atoms with E-state index in [0.29, 0.717) is 12.2 Å². The molecule has 0 radical (unpaired) electrons. The van der Waals surface area contributed by atoms with Crippen molar-refractivity contribution in [2.45, 2.75) is 60.5 Å². The van der Waals surface area contributed by atoms with Gasteiger partial charge in [0.05, 0.1) is 18.7 Å². The van der Waals surface area contributed by atoms with E-state index < -0.39 is 6.04 Å². The van der Waals surface area contributed by atoms with Gasteiger partial charge in [-0.05, 0) is 25.2 Å². The number of rotatable bonds is 6. The van der Waals surface area contributed by atoms with Crippen LogP contribution in [0.2, 0.25) is 0 Å². The molecule has 0 aromatic heterocycles. The zero-order chi connectivity index (χ0) is 17.7. The van der Waals surface area contributed by atoms with Crippen LogP contribution in [-0.2, 0) is 14.3 Å². The summed E-state index contributed by atoms with van der Waals surface area (Å²) in [5.41, 5.74) is 6.26. The molecule has 0 aliphatic heterocycles. The van der Waals surface area contributed by atoms with Gasteiger partial charge in [0.1, 0.15) is 0 Å². The monoisotopic (exact) mass is 312 g/mol. The van der Waals surface area contributed by atoms with Gasteiger partial charge in [0.25, 0.3) is 0 Å². The van der Waals surface area contributed by atoms with E-state index in [-0.39, 0.29) is 29.3 Å². The van der Waals surface area contributed by atoms with E-state index in [0.717, 1.165) is 0 Å². The minimum Gasteiger partial charge on any atom is -0.463 e. The van der Waals surface area contributed by atoms with Crippen molar-refractivity contribution in [2.24, 2.45) is 17.1 Å². The number of likely N-dealkylation sites (N-methyl/N-ethyl adjacent to an activating group) is 1. The third kappa shape index (κ3) is 5.79. The topological polar surface area (TPSA) is 72.6 Å². The minimum absolute atomic E-state index is 0.126. The number of esters is 1. The Morgan fingerprint density at radius 2 is 1.77 bits per heavy atom. The summed E-state index contributed by atoms with van der Waals surface area (Å²) >= 11 is 0. The molecule has 2 atom stereocenters. The average Bonchev–Trinajstić information content (AvgIpc) is 2.40. The highest BCUT2D eigenvalue weighted by atomic mass is 16.5. The summed E-state index contributed by atoms with van der Waals surface area (Å²) in [4.78, 5) is 26.0. The molecule has 0 saturated carbocycles. The Balaban J connectivity index is 5.30. The number of carbonyl (C=O) groups is 2. The predicted molar refractivity (Wildman–Crippen MR) is 89.2 cm³/mol. The zero-order valence-electron chi connectivity index (χ0n) is 15.3. The van der Waals surface area contributed by atoms with Crippen molar-refractivity contribution in [3.8, 4) is 0 Å². The van der Waals surface area contributed by atoms with E-state index in [1.165, 1.54) is 0 Å². The maximum absolute atomic E-state index is 12.6. The fourth-order valence-corrected chi connectivity index (χ4v) is 2.06. The summed E-state index contributed by atoms with van der Waals surface area (Å²) < 4.78 is 4.99. The van der Waals surface area contributed by atoms with E-state index in [1.807, 2.05) is 34.6 Å². The smallest absolute Gasteiger partial charge is 0.333 e. The molecular formula is C17H32N2O3. The fourth-order valence-electron chi connectivity index (χ4n) is 2.06. The van der Waals surface area contributed by atoms with Gasteiger partial charge in [0, 0.05) is 12.6 Å². The molecule has 0 heterocycles. The molecule has 128 valence electrons. The molecule has 0 spiro atoms. The molecule has 0 bridgehead atoms. The lowest BCUT2D eigenvalue weighted by Crippen LogP contribution is -2.52. The molecule has 1 amide bonds. The van der Waals surface area contributed by atoms with E-state index in [1.54, 1.807) is 31.9 Å². The first-order valence-corrected chi connectivity index (χ1v) is 7.81. The summed E-state index contributed by atoms with van der Waals surface area (Å²) in [6, 6.07) is -0.791. The van der Waals surface area contributed by atoms with Crippen LogP contribution in [0.25, 0.3) is 0 Å². The van der Waals surface area contributed by atoms with Crippen molar-refractivity contribution in [1.82, 2.24) is 4.90 Å². The van der Waals surface area contributed by atoms with Gasteiger partial charge in [-0.3, -0.25) is 4.79 Å². The van der Waals surface area contributed by atoms with Crippen molar-refractivity contribution < 1.29 is 14.3 Å². The van der Waals surface area contributed by atoms with Gasteiger partial charge in [-0.2, -0.15) is 0 Å². The standard InChI is InChI=1S/C17H32N2O3/c1-9-22-16(21)12(4)10-13(11(2)3)19(8)15(20)14(18)17(5,6)7/h10-11,13-14H,9,18H2,1-8H3. The van der Waals surface area contributed by atoms with Crippen molar-refractivity contribution in [3.63, 3.8) is 0 Å². The van der Waals surface area contributed by atoms with Gasteiger partial charge in [-0.15, -0.1) is 0 Å². The predicted octanol–water partition coefficient (Wildman–Crippen LogP) is 2.35. The van der Waals surface area contributed by atoms with Crippen LogP contribution in [0.3, 0.4) is 0 Å². The number of hydrogen-bond donors (Lipinski definition) is 1. The molecule has 2 unspecified atom stereocenters. The summed E-state index contributed by atoms with van der Waals surface area (Å²) in [6.07, 6.45) is 1.79. The maximum atomic E-state index is 12.6. The first kappa shape index (κ1) is 20.6. The molecule has 5 heteroatoms. The highest BCUT2D eigenvalue weighted by Gasteiger charge is 2.33. The zero-order valence-corrected chi connectivity index (χ0v) is 15.3. The second-order valence-corrected chi connectivity index (χ2v) is 7.10. The van der Waals surface area contributed by atoms with Gasteiger partial charge in [0.15, 0.2) is 0 Å². The summed E-state index contributed by atoms with van der Waals surface area (Å²) in [5.74, 6) is -0.321. The van der Waals surface area contributed by atoms with Gasteiger partial charge in [0.2, 0.25) is 5.91 Å². The molecule has 0 aromatic carbocycles. The molecule has 2 N–H and O–H groups in total. The van der Waals surface area contributed by atoms with Gasteiger partial charge < -0.3 is 15.4 Å². The van der Waals surface area contributed by atoms with Crippen molar-refractivity contribution in [1.29, 1.82) is 0 Å². The second kappa shape index (κ2) is 8.32. The van der Waals surface area contributed by atoms with Crippen LogP contribution >= 0.6 is 0 Å². The molecule has 22 heavy (non-hydrogen) atoms. The summed E-state index contributed by atoms with van der Waals surface area (Å²) in [5, 5.41) is 0. The number of nitrogens with zero attached hydrogens (tertiary/aromatic N) is 1. The van der Waals surface area contributed by atoms with Crippen molar-refractivity contribution in [3.05, 3.63) is 11.6 Å². The highest BCUT2D eigenvalue weighted by Crippen LogP contribution is 2.22. The SMILES string of the molecule is CCOC(=O)C(C)=CC(C(C)C)N(C)C(=O)C(N)C(C)(C)C. The van der Waals surface area contributed by atoms with Crippen LogP contribution in [0.15, 0.2) is 11.6 Å². The van der Waals surface area contributed by atoms with E-state index in [2.05, 4.69) is 0 Å². The Bertz CT molecular complexity index is 422. The number of amides is 1. The van der Waals surface area contributed by atoms with Crippen LogP contribution in [-0.4, -0.2) is 42.5 Å².